The summed E-state index contributed by atoms with van der Waals surface area (Å²) in [4.78, 5) is 4.28. The SMILES string of the molecule is OCCNCc1cncn1Cc1ccc(-c2cc(-c3ccccc3)ccc2-c2nn[nH]n2)cc1. The molecule has 0 saturated carbocycles. The average molecular weight is 452 g/mol. The number of tetrazole rings is 1. The Hall–Kier alpha value is -4.14. The van der Waals surface area contributed by atoms with Crippen molar-refractivity contribution in [1.82, 2.24) is 35.5 Å². The van der Waals surface area contributed by atoms with Crippen molar-refractivity contribution in [2.45, 2.75) is 13.1 Å². The number of hydrogen-bond donors (Lipinski definition) is 3. The standard InChI is InChI=1S/C26H25N7O/c34-13-12-27-15-23-16-28-18-33(23)17-19-6-8-21(9-7-19)25-14-22(20-4-2-1-3-5-20)10-11-24(25)26-29-31-32-30-26/h1-11,14,16,18,27,34H,12-13,15,17H2,(H,29,30,31,32). The van der Waals surface area contributed by atoms with Crippen LogP contribution in [-0.4, -0.2) is 48.4 Å². The van der Waals surface area contributed by atoms with Gasteiger partial charge in [0.25, 0.3) is 0 Å². The summed E-state index contributed by atoms with van der Waals surface area (Å²) >= 11 is 0. The normalized spacial score (nSPS) is 11.1. The first-order valence-electron chi connectivity index (χ1n) is 11.1. The lowest BCUT2D eigenvalue weighted by Crippen LogP contribution is -2.19. The van der Waals surface area contributed by atoms with Gasteiger partial charge in [0.1, 0.15) is 0 Å². The lowest BCUT2D eigenvalue weighted by molar-refractivity contribution is 0.291. The van der Waals surface area contributed by atoms with Crippen molar-refractivity contribution in [1.29, 1.82) is 0 Å². The Kier molecular flexibility index (Phi) is 6.51. The van der Waals surface area contributed by atoms with Gasteiger partial charge < -0.3 is 15.0 Å². The van der Waals surface area contributed by atoms with E-state index in [0.29, 0.717) is 18.9 Å². The van der Waals surface area contributed by atoms with Crippen molar-refractivity contribution in [3.8, 4) is 33.6 Å². The van der Waals surface area contributed by atoms with Crippen LogP contribution in [0, 0.1) is 0 Å². The van der Waals surface area contributed by atoms with Gasteiger partial charge in [0.05, 0.1) is 18.6 Å². The summed E-state index contributed by atoms with van der Waals surface area (Å²) in [6.45, 7) is 2.06. The number of nitrogens with one attached hydrogen (secondary N) is 2. The Morgan fingerprint density at radius 2 is 1.71 bits per heavy atom. The molecule has 170 valence electrons. The first-order valence-corrected chi connectivity index (χ1v) is 11.1. The summed E-state index contributed by atoms with van der Waals surface area (Å²) in [7, 11) is 0. The molecule has 0 aliphatic rings. The Morgan fingerprint density at radius 1 is 0.882 bits per heavy atom. The highest BCUT2D eigenvalue weighted by molar-refractivity contribution is 5.84. The molecule has 3 aromatic carbocycles. The second-order valence-electron chi connectivity index (χ2n) is 7.97. The number of H-pyrrole nitrogens is 1. The molecule has 8 nitrogen and oxygen atoms in total. The molecule has 0 atom stereocenters. The number of aromatic amines is 1. The molecule has 5 aromatic rings. The van der Waals surface area contributed by atoms with Crippen molar-refractivity contribution in [3.05, 3.63) is 96.6 Å². The molecule has 0 aliphatic heterocycles. The average Bonchev–Trinajstić information content (AvgIpc) is 3.58. The van der Waals surface area contributed by atoms with Crippen molar-refractivity contribution < 1.29 is 5.11 Å². The molecule has 3 N–H and O–H groups in total. The van der Waals surface area contributed by atoms with Crippen molar-refractivity contribution in [3.63, 3.8) is 0 Å². The van der Waals surface area contributed by atoms with Gasteiger partial charge in [0.15, 0.2) is 0 Å². The second-order valence-corrected chi connectivity index (χ2v) is 7.97. The quantitative estimate of drug-likeness (QED) is 0.296. The lowest BCUT2D eigenvalue weighted by atomic mass is 9.93. The highest BCUT2D eigenvalue weighted by Gasteiger charge is 2.13. The minimum absolute atomic E-state index is 0.118. The van der Waals surface area contributed by atoms with Crippen molar-refractivity contribution >= 4 is 0 Å². The maximum absolute atomic E-state index is 8.98. The fourth-order valence-corrected chi connectivity index (χ4v) is 3.98. The topological polar surface area (TPSA) is 105 Å². The van der Waals surface area contributed by atoms with Crippen LogP contribution in [0.15, 0.2) is 85.3 Å². The maximum atomic E-state index is 8.98. The molecule has 0 fully saturated rings. The zero-order valence-corrected chi connectivity index (χ0v) is 18.6. The van der Waals surface area contributed by atoms with Crippen LogP contribution in [0.25, 0.3) is 33.6 Å². The molecule has 2 heterocycles. The van der Waals surface area contributed by atoms with Gasteiger partial charge in [-0.15, -0.1) is 10.2 Å². The van der Waals surface area contributed by atoms with Crippen molar-refractivity contribution in [2.75, 3.05) is 13.2 Å². The first-order chi connectivity index (χ1) is 16.8. The zero-order valence-electron chi connectivity index (χ0n) is 18.6. The molecule has 34 heavy (non-hydrogen) atoms. The van der Waals surface area contributed by atoms with Gasteiger partial charge in [-0.2, -0.15) is 5.21 Å². The third kappa shape index (κ3) is 4.78. The van der Waals surface area contributed by atoms with E-state index in [0.717, 1.165) is 40.1 Å². The monoisotopic (exact) mass is 451 g/mol. The van der Waals surface area contributed by atoms with E-state index in [1.54, 1.807) is 0 Å². The summed E-state index contributed by atoms with van der Waals surface area (Å²) in [6, 6.07) is 25.2. The van der Waals surface area contributed by atoms with E-state index < -0.39 is 0 Å². The Bertz CT molecular complexity index is 1330. The van der Waals surface area contributed by atoms with Crippen LogP contribution in [0.4, 0.5) is 0 Å². The van der Waals surface area contributed by atoms with E-state index in [9.17, 15) is 0 Å². The molecular weight excluding hydrogens is 426 g/mol. The Balaban J connectivity index is 1.44. The molecule has 2 aromatic heterocycles. The minimum Gasteiger partial charge on any atom is -0.395 e. The molecule has 0 unspecified atom stereocenters. The molecule has 5 rings (SSSR count). The fourth-order valence-electron chi connectivity index (χ4n) is 3.98. The third-order valence-electron chi connectivity index (χ3n) is 5.72. The van der Waals surface area contributed by atoms with Gasteiger partial charge in [0, 0.05) is 31.4 Å². The largest absolute Gasteiger partial charge is 0.395 e. The van der Waals surface area contributed by atoms with Gasteiger partial charge >= 0.3 is 0 Å². The molecule has 0 amide bonds. The molecule has 0 aliphatic carbocycles. The smallest absolute Gasteiger partial charge is 0.205 e. The van der Waals surface area contributed by atoms with Gasteiger partial charge in [-0.1, -0.05) is 60.7 Å². The van der Waals surface area contributed by atoms with Gasteiger partial charge in [-0.3, -0.25) is 0 Å². The number of aliphatic hydroxyl groups excluding tert-OH is 1. The van der Waals surface area contributed by atoms with Crippen LogP contribution in [0.3, 0.4) is 0 Å². The van der Waals surface area contributed by atoms with Crippen molar-refractivity contribution in [2.24, 2.45) is 0 Å². The van der Waals surface area contributed by atoms with E-state index in [1.165, 1.54) is 5.56 Å². The van der Waals surface area contributed by atoms with Crippen LogP contribution < -0.4 is 5.32 Å². The van der Waals surface area contributed by atoms with Crippen LogP contribution in [0.5, 0.6) is 0 Å². The number of nitrogens with zero attached hydrogens (tertiary/aromatic N) is 5. The highest BCUT2D eigenvalue weighted by atomic mass is 16.3. The Morgan fingerprint density at radius 3 is 2.47 bits per heavy atom. The lowest BCUT2D eigenvalue weighted by Gasteiger charge is -2.12. The highest BCUT2D eigenvalue weighted by Crippen LogP contribution is 2.34. The van der Waals surface area contributed by atoms with E-state index in [1.807, 2.05) is 36.8 Å². The summed E-state index contributed by atoms with van der Waals surface area (Å²) in [5, 5.41) is 26.9. The van der Waals surface area contributed by atoms with Crippen LogP contribution >= 0.6 is 0 Å². The van der Waals surface area contributed by atoms with Crippen LogP contribution in [0.2, 0.25) is 0 Å². The molecule has 0 saturated heterocycles. The summed E-state index contributed by atoms with van der Waals surface area (Å²) in [5.74, 6) is 0.567. The second kappa shape index (κ2) is 10.2. The third-order valence-corrected chi connectivity index (χ3v) is 5.72. The maximum Gasteiger partial charge on any atom is 0.205 e. The van der Waals surface area contributed by atoms with E-state index in [4.69, 9.17) is 5.11 Å². The molecule has 0 bridgehead atoms. The van der Waals surface area contributed by atoms with Gasteiger partial charge in [0.2, 0.25) is 5.82 Å². The van der Waals surface area contributed by atoms with Crippen LogP contribution in [-0.2, 0) is 13.1 Å². The van der Waals surface area contributed by atoms with Gasteiger partial charge in [-0.05, 0) is 45.2 Å². The Labute approximate surface area is 197 Å². The van der Waals surface area contributed by atoms with E-state index in [2.05, 4.69) is 84.0 Å². The number of aromatic nitrogens is 6. The van der Waals surface area contributed by atoms with E-state index >= 15 is 0 Å². The summed E-state index contributed by atoms with van der Waals surface area (Å²) in [5.41, 5.74) is 7.58. The van der Waals surface area contributed by atoms with E-state index in [-0.39, 0.29) is 6.61 Å². The summed E-state index contributed by atoms with van der Waals surface area (Å²) < 4.78 is 2.11. The molecule has 8 heteroatoms. The molecule has 0 radical (unpaired) electrons. The van der Waals surface area contributed by atoms with Gasteiger partial charge in [-0.25, -0.2) is 4.98 Å². The number of aliphatic hydroxyl groups is 1. The van der Waals surface area contributed by atoms with Crippen LogP contribution in [0.1, 0.15) is 11.3 Å². The number of rotatable bonds is 9. The summed E-state index contributed by atoms with van der Waals surface area (Å²) in [6.07, 6.45) is 3.69. The number of benzene rings is 3. The predicted octanol–water partition coefficient (Wildman–Crippen LogP) is 3.53. The minimum atomic E-state index is 0.118. The molecular formula is C26H25N7O. The zero-order chi connectivity index (χ0) is 23.2. The number of hydrogen-bond acceptors (Lipinski definition) is 6. The predicted molar refractivity (Wildman–Crippen MR) is 131 cm³/mol. The first kappa shape index (κ1) is 21.7. The number of imidazole rings is 1. The fraction of sp³-hybridized carbons (Fsp3) is 0.154. The molecule has 0 spiro atoms.